The van der Waals surface area contributed by atoms with E-state index in [-0.39, 0.29) is 5.41 Å². The predicted octanol–water partition coefficient (Wildman–Crippen LogP) is 13.2. The van der Waals surface area contributed by atoms with Crippen molar-refractivity contribution in [1.82, 2.24) is 9.13 Å². The second-order valence-corrected chi connectivity index (χ2v) is 12.0. The highest BCUT2D eigenvalue weighted by Crippen LogP contribution is 2.52. The van der Waals surface area contributed by atoms with Gasteiger partial charge in [0.2, 0.25) is 0 Å². The first-order valence-corrected chi connectivity index (χ1v) is 17.7. The molecule has 0 saturated heterocycles. The average molecular weight is 609 g/mol. The summed E-state index contributed by atoms with van der Waals surface area (Å²) in [5.41, 5.74) is 15.0. The van der Waals surface area contributed by atoms with E-state index in [4.69, 9.17) is 0 Å². The Bertz CT molecular complexity index is 2060. The molecule has 2 heteroatoms. The average Bonchev–Trinajstić information content (AvgIpc) is 3.70. The van der Waals surface area contributed by atoms with Crippen LogP contribution < -0.4 is 0 Å². The summed E-state index contributed by atoms with van der Waals surface area (Å²) in [6.45, 7) is 21.5. The highest BCUT2D eigenvalue weighted by Gasteiger charge is 2.37. The van der Waals surface area contributed by atoms with E-state index < -0.39 is 0 Å². The Labute approximate surface area is 277 Å². The van der Waals surface area contributed by atoms with E-state index in [0.29, 0.717) is 0 Å². The van der Waals surface area contributed by atoms with Crippen molar-refractivity contribution in [2.75, 3.05) is 0 Å². The minimum absolute atomic E-state index is 0.00644. The van der Waals surface area contributed by atoms with Crippen LogP contribution in [0.25, 0.3) is 55.7 Å². The molecule has 0 atom stereocenters. The first kappa shape index (κ1) is 33.1. The Morgan fingerprint density at radius 3 is 2.09 bits per heavy atom. The fourth-order valence-corrected chi connectivity index (χ4v) is 7.68. The molecule has 0 unspecified atom stereocenters. The van der Waals surface area contributed by atoms with E-state index in [9.17, 15) is 0 Å². The van der Waals surface area contributed by atoms with Crippen LogP contribution in [0, 0.1) is 0 Å². The Hall–Kier alpha value is -4.30. The molecule has 0 aliphatic heterocycles. The van der Waals surface area contributed by atoms with E-state index in [1.807, 2.05) is 41.5 Å². The first-order chi connectivity index (χ1) is 22.5. The van der Waals surface area contributed by atoms with Crippen LogP contribution in [-0.2, 0) is 11.8 Å². The van der Waals surface area contributed by atoms with Gasteiger partial charge in [-0.25, -0.2) is 0 Å². The van der Waals surface area contributed by atoms with Gasteiger partial charge in [0.1, 0.15) is 0 Å². The Morgan fingerprint density at radius 2 is 1.37 bits per heavy atom. The van der Waals surface area contributed by atoms with Crippen molar-refractivity contribution in [1.29, 1.82) is 0 Å². The fourth-order valence-electron chi connectivity index (χ4n) is 7.68. The van der Waals surface area contributed by atoms with Gasteiger partial charge in [-0.1, -0.05) is 122 Å². The minimum atomic E-state index is 0.00644. The lowest BCUT2D eigenvalue weighted by atomic mass is 9.80. The van der Waals surface area contributed by atoms with Gasteiger partial charge in [0.15, 0.2) is 0 Å². The fraction of sp³-hybridized carbons (Fsp3) is 0.318. The molecule has 8 rings (SSSR count). The molecule has 0 amide bonds. The summed E-state index contributed by atoms with van der Waals surface area (Å²) in [7, 11) is 0. The van der Waals surface area contributed by atoms with Crippen molar-refractivity contribution < 1.29 is 0 Å². The van der Waals surface area contributed by atoms with Gasteiger partial charge < -0.3 is 9.13 Å². The van der Waals surface area contributed by atoms with Crippen LogP contribution in [0.3, 0.4) is 0 Å². The maximum atomic E-state index is 2.50. The molecule has 2 aliphatic carbocycles. The zero-order valence-corrected chi connectivity index (χ0v) is 29.8. The molecule has 46 heavy (non-hydrogen) atoms. The van der Waals surface area contributed by atoms with Crippen LogP contribution in [-0.4, -0.2) is 9.13 Å². The molecule has 0 N–H and O–H groups in total. The second-order valence-electron chi connectivity index (χ2n) is 12.0. The van der Waals surface area contributed by atoms with E-state index in [0.717, 1.165) is 19.3 Å². The molecular weight excluding hydrogens is 556 g/mol. The molecule has 2 heterocycles. The topological polar surface area (TPSA) is 9.86 Å². The SMILES string of the molecule is CC.CC.CC.CCC1=C(C)C(C)(C)c2c1ccc1c2c2ccccc2n1-c1ccc2c3c(n(-c4ccccc4)c2c1)C=CCC3. The summed E-state index contributed by atoms with van der Waals surface area (Å²) in [5.74, 6) is 0. The Balaban J connectivity index is 0.000000658. The lowest BCUT2D eigenvalue weighted by Crippen LogP contribution is -2.16. The van der Waals surface area contributed by atoms with Gasteiger partial charge in [-0.2, -0.15) is 0 Å². The van der Waals surface area contributed by atoms with E-state index in [1.165, 1.54) is 77.6 Å². The highest BCUT2D eigenvalue weighted by molar-refractivity contribution is 6.13. The zero-order chi connectivity index (χ0) is 33.2. The summed E-state index contributed by atoms with van der Waals surface area (Å²) in [5, 5.41) is 4.11. The third-order valence-corrected chi connectivity index (χ3v) is 9.74. The molecule has 0 saturated carbocycles. The number of fused-ring (bicyclic) bond motifs is 8. The molecule has 6 aromatic rings. The third kappa shape index (κ3) is 4.94. The van der Waals surface area contributed by atoms with Crippen molar-refractivity contribution in [3.05, 3.63) is 119 Å². The number of para-hydroxylation sites is 2. The molecule has 2 aromatic heterocycles. The summed E-state index contributed by atoms with van der Waals surface area (Å²) < 4.78 is 4.95. The number of hydrogen-bond donors (Lipinski definition) is 0. The quantitative estimate of drug-likeness (QED) is 0.189. The van der Waals surface area contributed by atoms with Crippen LogP contribution in [0.2, 0.25) is 0 Å². The largest absolute Gasteiger partial charge is 0.310 e. The molecule has 2 aliphatic rings. The number of aryl methyl sites for hydroxylation is 1. The number of benzene rings is 4. The number of aromatic nitrogens is 2. The van der Waals surface area contributed by atoms with Crippen molar-refractivity contribution in [2.45, 2.75) is 93.9 Å². The van der Waals surface area contributed by atoms with Crippen LogP contribution in [0.5, 0.6) is 0 Å². The van der Waals surface area contributed by atoms with E-state index in [2.05, 4.69) is 134 Å². The molecule has 0 bridgehead atoms. The van der Waals surface area contributed by atoms with E-state index >= 15 is 0 Å². The summed E-state index contributed by atoms with van der Waals surface area (Å²) in [6.07, 6.45) is 7.89. The molecular formula is C44H52N2. The van der Waals surface area contributed by atoms with Gasteiger partial charge in [-0.05, 0) is 90.9 Å². The lowest BCUT2D eigenvalue weighted by molar-refractivity contribution is 0.644. The molecule has 238 valence electrons. The number of nitrogens with zero attached hydrogens (tertiary/aromatic N) is 2. The van der Waals surface area contributed by atoms with Gasteiger partial charge in [0.25, 0.3) is 0 Å². The molecule has 0 fully saturated rings. The lowest BCUT2D eigenvalue weighted by Gasteiger charge is -2.23. The molecule has 0 spiro atoms. The molecule has 4 aromatic carbocycles. The Morgan fingerprint density at radius 1 is 0.674 bits per heavy atom. The van der Waals surface area contributed by atoms with Gasteiger partial charge >= 0.3 is 0 Å². The summed E-state index contributed by atoms with van der Waals surface area (Å²) in [4.78, 5) is 0. The Kier molecular flexibility index (Phi) is 9.77. The number of hydrogen-bond acceptors (Lipinski definition) is 0. The van der Waals surface area contributed by atoms with Gasteiger partial charge in [-0.3, -0.25) is 0 Å². The second kappa shape index (κ2) is 13.6. The van der Waals surface area contributed by atoms with Gasteiger partial charge in [0, 0.05) is 38.6 Å². The third-order valence-electron chi connectivity index (χ3n) is 9.74. The maximum Gasteiger partial charge on any atom is 0.0558 e. The normalized spacial score (nSPS) is 14.2. The molecule has 0 radical (unpaired) electrons. The van der Waals surface area contributed by atoms with Crippen molar-refractivity contribution in [2.24, 2.45) is 0 Å². The van der Waals surface area contributed by atoms with Crippen molar-refractivity contribution in [3.8, 4) is 11.4 Å². The monoisotopic (exact) mass is 608 g/mol. The summed E-state index contributed by atoms with van der Waals surface area (Å²) >= 11 is 0. The van der Waals surface area contributed by atoms with Gasteiger partial charge in [0.05, 0.1) is 16.6 Å². The number of rotatable bonds is 3. The van der Waals surface area contributed by atoms with Gasteiger partial charge in [-0.15, -0.1) is 0 Å². The van der Waals surface area contributed by atoms with Crippen molar-refractivity contribution in [3.63, 3.8) is 0 Å². The van der Waals surface area contributed by atoms with Crippen molar-refractivity contribution >= 4 is 44.4 Å². The maximum absolute atomic E-state index is 2.50. The van der Waals surface area contributed by atoms with Crippen LogP contribution in [0.15, 0.2) is 96.6 Å². The van der Waals surface area contributed by atoms with E-state index in [1.54, 1.807) is 0 Å². The standard InChI is InChI=1S/C38H34N2.3C2H6/c1-5-27-24(2)38(3,4)37-30(27)21-22-34-36(37)31-16-10-12-18-33(31)40(34)26-19-20-29-28-15-9-11-17-32(28)39(35(29)23-26)25-13-7-6-8-14-25;3*1-2/h6-8,10-14,16-23H,5,9,15H2,1-4H3;3*1-2H3. The minimum Gasteiger partial charge on any atom is -0.310 e. The molecule has 2 nitrogen and oxygen atoms in total. The first-order valence-electron chi connectivity index (χ1n) is 17.7. The zero-order valence-electron chi connectivity index (χ0n) is 29.8. The van der Waals surface area contributed by atoms with Crippen LogP contribution in [0.4, 0.5) is 0 Å². The smallest absolute Gasteiger partial charge is 0.0558 e. The predicted molar refractivity (Wildman–Crippen MR) is 205 cm³/mol. The summed E-state index contributed by atoms with van der Waals surface area (Å²) in [6, 6.07) is 31.7. The number of allylic oxidation sites excluding steroid dienone is 3. The highest BCUT2D eigenvalue weighted by atomic mass is 15.0. The van der Waals surface area contributed by atoms with Crippen LogP contribution >= 0.6 is 0 Å². The van der Waals surface area contributed by atoms with Crippen LogP contribution in [0.1, 0.15) is 104 Å².